The summed E-state index contributed by atoms with van der Waals surface area (Å²) in [5.74, 6) is 2.62. The van der Waals surface area contributed by atoms with Crippen LogP contribution in [0.5, 0.6) is 5.75 Å². The Balaban J connectivity index is 2.23. The molecule has 1 aliphatic rings. The maximum absolute atomic E-state index is 5.77. The number of nitrogens with one attached hydrogen (secondary N) is 1. The number of nitrogens with zero attached hydrogens (tertiary/aromatic N) is 2. The van der Waals surface area contributed by atoms with E-state index in [9.17, 15) is 0 Å². The number of fused-ring (bicyclic) bond motifs is 1. The largest absolute Gasteiger partial charge is 0.492 e. The third-order valence-corrected chi connectivity index (χ3v) is 3.46. The Morgan fingerprint density at radius 2 is 2.05 bits per heavy atom. The Morgan fingerprint density at radius 3 is 2.84 bits per heavy atom. The van der Waals surface area contributed by atoms with Gasteiger partial charge in [0.15, 0.2) is 0 Å². The molecule has 0 fully saturated rings. The minimum absolute atomic E-state index is 0.758. The van der Waals surface area contributed by atoms with E-state index in [4.69, 9.17) is 4.74 Å². The molecule has 0 unspecified atom stereocenters. The van der Waals surface area contributed by atoms with E-state index in [0.717, 1.165) is 47.2 Å². The first kappa shape index (κ1) is 12.0. The molecule has 0 radical (unpaired) electrons. The molecule has 3 rings (SSSR count). The van der Waals surface area contributed by atoms with E-state index >= 15 is 0 Å². The molecular formula is C15H17N3O. The van der Waals surface area contributed by atoms with Gasteiger partial charge in [0, 0.05) is 24.6 Å². The molecule has 0 saturated carbocycles. The topological polar surface area (TPSA) is 47.0 Å². The molecule has 1 aromatic heterocycles. The average molecular weight is 255 g/mol. The molecule has 98 valence electrons. The van der Waals surface area contributed by atoms with Crippen molar-refractivity contribution in [2.45, 2.75) is 20.3 Å². The number of rotatable bonds is 2. The van der Waals surface area contributed by atoms with E-state index in [2.05, 4.69) is 33.5 Å². The van der Waals surface area contributed by atoms with E-state index in [-0.39, 0.29) is 0 Å². The summed E-state index contributed by atoms with van der Waals surface area (Å²) in [4.78, 5) is 9.01. The fraction of sp³-hybridized carbons (Fsp3) is 0.333. The van der Waals surface area contributed by atoms with Crippen LogP contribution in [0.15, 0.2) is 18.2 Å². The lowest BCUT2D eigenvalue weighted by molar-refractivity contribution is 0.358. The second-order valence-electron chi connectivity index (χ2n) is 4.74. The molecule has 1 aliphatic heterocycles. The molecule has 0 amide bonds. The van der Waals surface area contributed by atoms with Crippen molar-refractivity contribution in [2.75, 3.05) is 19.0 Å². The van der Waals surface area contributed by atoms with Gasteiger partial charge in [-0.05, 0) is 25.5 Å². The van der Waals surface area contributed by atoms with Crippen LogP contribution in [0.3, 0.4) is 0 Å². The summed E-state index contributed by atoms with van der Waals surface area (Å²) >= 11 is 0. The summed E-state index contributed by atoms with van der Waals surface area (Å²) in [5, 5.41) is 3.12. The molecule has 0 spiro atoms. The molecule has 4 nitrogen and oxygen atoms in total. The molecule has 2 heterocycles. The molecule has 1 aromatic carbocycles. The van der Waals surface area contributed by atoms with E-state index < -0.39 is 0 Å². The Kier molecular flexibility index (Phi) is 2.85. The first-order chi connectivity index (χ1) is 9.20. The lowest BCUT2D eigenvalue weighted by Gasteiger charge is -2.13. The minimum Gasteiger partial charge on any atom is -0.492 e. The average Bonchev–Trinajstić information content (AvgIpc) is 2.89. The van der Waals surface area contributed by atoms with Crippen LogP contribution in [0.2, 0.25) is 0 Å². The van der Waals surface area contributed by atoms with Crippen molar-refractivity contribution in [3.8, 4) is 17.0 Å². The molecule has 2 aromatic rings. The van der Waals surface area contributed by atoms with Gasteiger partial charge < -0.3 is 10.1 Å². The second kappa shape index (κ2) is 4.53. The van der Waals surface area contributed by atoms with Crippen LogP contribution in [-0.4, -0.2) is 23.6 Å². The maximum Gasteiger partial charge on any atom is 0.132 e. The number of aromatic nitrogens is 2. The Labute approximate surface area is 112 Å². The first-order valence-corrected chi connectivity index (χ1v) is 6.48. The van der Waals surface area contributed by atoms with E-state index in [0.29, 0.717) is 0 Å². The van der Waals surface area contributed by atoms with Gasteiger partial charge in [0.25, 0.3) is 0 Å². The number of ether oxygens (including phenoxy) is 1. The van der Waals surface area contributed by atoms with E-state index in [1.165, 1.54) is 5.56 Å². The molecule has 0 aliphatic carbocycles. The summed E-state index contributed by atoms with van der Waals surface area (Å²) < 4.78 is 5.77. The van der Waals surface area contributed by atoms with E-state index in [1.54, 1.807) is 0 Å². The van der Waals surface area contributed by atoms with Gasteiger partial charge >= 0.3 is 0 Å². The summed E-state index contributed by atoms with van der Waals surface area (Å²) in [6, 6.07) is 6.26. The zero-order valence-corrected chi connectivity index (χ0v) is 11.4. The Hall–Kier alpha value is -2.10. The monoisotopic (exact) mass is 255 g/mol. The lowest BCUT2D eigenvalue weighted by Crippen LogP contribution is -2.03. The van der Waals surface area contributed by atoms with Crippen molar-refractivity contribution >= 4 is 5.82 Å². The van der Waals surface area contributed by atoms with Gasteiger partial charge in [-0.15, -0.1) is 0 Å². The summed E-state index contributed by atoms with van der Waals surface area (Å²) in [5.41, 5.74) is 4.33. The van der Waals surface area contributed by atoms with Crippen LogP contribution in [0, 0.1) is 13.8 Å². The van der Waals surface area contributed by atoms with Crippen molar-refractivity contribution in [3.63, 3.8) is 0 Å². The standard InChI is InChI=1S/C15H17N3O/c1-9-13(17-10(2)18-15(9)16-3)12-6-4-5-11-7-8-19-14(11)12/h4-6H,7-8H2,1-3H3,(H,16,17,18). The molecular weight excluding hydrogens is 238 g/mol. The van der Waals surface area contributed by atoms with Crippen molar-refractivity contribution < 1.29 is 4.74 Å². The molecule has 0 bridgehead atoms. The van der Waals surface area contributed by atoms with Gasteiger partial charge in [0.05, 0.1) is 12.3 Å². The predicted molar refractivity (Wildman–Crippen MR) is 75.7 cm³/mol. The number of anilines is 1. The number of aryl methyl sites for hydroxylation is 1. The zero-order chi connectivity index (χ0) is 13.4. The fourth-order valence-corrected chi connectivity index (χ4v) is 2.54. The number of benzene rings is 1. The van der Waals surface area contributed by atoms with Gasteiger partial charge in [-0.25, -0.2) is 9.97 Å². The van der Waals surface area contributed by atoms with Gasteiger partial charge in [-0.3, -0.25) is 0 Å². The third-order valence-electron chi connectivity index (χ3n) is 3.46. The first-order valence-electron chi connectivity index (χ1n) is 6.48. The predicted octanol–water partition coefficient (Wildman–Crippen LogP) is 2.74. The summed E-state index contributed by atoms with van der Waals surface area (Å²) in [7, 11) is 1.88. The minimum atomic E-state index is 0.758. The van der Waals surface area contributed by atoms with Crippen LogP contribution in [0.25, 0.3) is 11.3 Å². The fourth-order valence-electron chi connectivity index (χ4n) is 2.54. The highest BCUT2D eigenvalue weighted by Crippen LogP contribution is 2.38. The van der Waals surface area contributed by atoms with Crippen LogP contribution in [-0.2, 0) is 6.42 Å². The zero-order valence-electron chi connectivity index (χ0n) is 11.4. The number of hydrogen-bond acceptors (Lipinski definition) is 4. The third kappa shape index (κ3) is 1.93. The second-order valence-corrected chi connectivity index (χ2v) is 4.74. The Bertz CT molecular complexity index is 638. The molecule has 0 atom stereocenters. The van der Waals surface area contributed by atoms with Crippen LogP contribution in [0.4, 0.5) is 5.82 Å². The van der Waals surface area contributed by atoms with Crippen molar-refractivity contribution in [2.24, 2.45) is 0 Å². The van der Waals surface area contributed by atoms with E-state index in [1.807, 2.05) is 20.9 Å². The SMILES string of the molecule is CNc1nc(C)nc(-c2cccc3c2OCC3)c1C. The van der Waals surface area contributed by atoms with Gasteiger partial charge in [0.1, 0.15) is 17.4 Å². The number of para-hydroxylation sites is 1. The van der Waals surface area contributed by atoms with Gasteiger partial charge in [-0.2, -0.15) is 0 Å². The highest BCUT2D eigenvalue weighted by Gasteiger charge is 2.20. The highest BCUT2D eigenvalue weighted by molar-refractivity contribution is 5.75. The lowest BCUT2D eigenvalue weighted by atomic mass is 10.0. The van der Waals surface area contributed by atoms with Crippen molar-refractivity contribution in [1.29, 1.82) is 0 Å². The smallest absolute Gasteiger partial charge is 0.132 e. The van der Waals surface area contributed by atoms with Crippen molar-refractivity contribution in [3.05, 3.63) is 35.2 Å². The molecule has 1 N–H and O–H groups in total. The quantitative estimate of drug-likeness (QED) is 0.896. The number of hydrogen-bond donors (Lipinski definition) is 1. The summed E-state index contributed by atoms with van der Waals surface area (Å²) in [6.45, 7) is 4.71. The van der Waals surface area contributed by atoms with Crippen molar-refractivity contribution in [1.82, 2.24) is 9.97 Å². The van der Waals surface area contributed by atoms with Gasteiger partial charge in [0.2, 0.25) is 0 Å². The molecule has 4 heteroatoms. The van der Waals surface area contributed by atoms with Gasteiger partial charge in [-0.1, -0.05) is 12.1 Å². The maximum atomic E-state index is 5.77. The summed E-state index contributed by atoms with van der Waals surface area (Å²) in [6.07, 6.45) is 0.977. The molecule has 19 heavy (non-hydrogen) atoms. The van der Waals surface area contributed by atoms with Crippen LogP contribution in [0.1, 0.15) is 17.0 Å². The normalized spacial score (nSPS) is 13.0. The highest BCUT2D eigenvalue weighted by atomic mass is 16.5. The Morgan fingerprint density at radius 1 is 1.21 bits per heavy atom. The molecule has 0 saturated heterocycles. The van der Waals surface area contributed by atoms with Crippen LogP contribution < -0.4 is 10.1 Å². The van der Waals surface area contributed by atoms with Crippen LogP contribution >= 0.6 is 0 Å².